The number of nitrogens with zero attached hydrogens (tertiary/aromatic N) is 2. The van der Waals surface area contributed by atoms with E-state index >= 15 is 0 Å². The molecule has 134 valence electrons. The van der Waals surface area contributed by atoms with Crippen molar-refractivity contribution in [3.63, 3.8) is 0 Å². The first-order valence-corrected chi connectivity index (χ1v) is 6.68. The first kappa shape index (κ1) is 19.7. The van der Waals surface area contributed by atoms with Crippen molar-refractivity contribution in [1.82, 2.24) is 0 Å². The van der Waals surface area contributed by atoms with Gasteiger partial charge in [0.05, 0.1) is 35.2 Å². The van der Waals surface area contributed by atoms with Crippen LogP contribution in [0, 0.1) is 20.2 Å². The molecule has 0 amide bonds. The molecule has 1 aromatic rings. The molecule has 4 atom stereocenters. The third kappa shape index (κ3) is 4.56. The van der Waals surface area contributed by atoms with Gasteiger partial charge in [0.15, 0.2) is 0 Å². The van der Waals surface area contributed by atoms with E-state index in [0.717, 1.165) is 12.1 Å². The fraction of sp³-hybridized carbons (Fsp3) is 0.500. The second-order valence-electron chi connectivity index (χ2n) is 4.88. The third-order valence-corrected chi connectivity index (χ3v) is 3.27. The van der Waals surface area contributed by atoms with E-state index in [1.165, 1.54) is 0 Å². The van der Waals surface area contributed by atoms with Crippen molar-refractivity contribution in [2.24, 2.45) is 0 Å². The number of non-ortho nitro benzene ring substituents is 1. The predicted octanol–water partition coefficient (Wildman–Crippen LogP) is -1.65. The zero-order chi connectivity index (χ0) is 18.4. The molecule has 0 fully saturated rings. The van der Waals surface area contributed by atoms with Crippen molar-refractivity contribution in [1.29, 1.82) is 0 Å². The van der Waals surface area contributed by atoms with Crippen LogP contribution in [0.1, 0.15) is 0 Å². The van der Waals surface area contributed by atoms with Crippen LogP contribution < -0.4 is 5.32 Å². The van der Waals surface area contributed by atoms with Crippen molar-refractivity contribution in [2.45, 2.75) is 24.4 Å². The van der Waals surface area contributed by atoms with Gasteiger partial charge in [-0.2, -0.15) is 0 Å². The Morgan fingerprint density at radius 1 is 1.00 bits per heavy atom. The molecule has 0 saturated heterocycles. The van der Waals surface area contributed by atoms with Gasteiger partial charge in [0.2, 0.25) is 0 Å². The first-order chi connectivity index (χ1) is 11.2. The van der Waals surface area contributed by atoms with Gasteiger partial charge in [0.25, 0.3) is 11.4 Å². The number of aliphatic hydroxyl groups excluding tert-OH is 5. The van der Waals surface area contributed by atoms with Crippen LogP contribution in [0.15, 0.2) is 18.2 Å². The summed E-state index contributed by atoms with van der Waals surface area (Å²) in [6.45, 7) is -1.64. The Hall–Kier alpha value is -2.38. The standard InChI is InChI=1S/C12H17N3O9/c16-4-8(11(19)12(20)10(18)5-17)13-7-2-1-6(14(21)22)3-9(7)15(23)24/h1-3,8,10-13,16-20H,4-5H2/t8-,10+,11-,12+/m0/s1. The maximum Gasteiger partial charge on any atom is 0.299 e. The van der Waals surface area contributed by atoms with E-state index in [9.17, 15) is 40.7 Å². The predicted molar refractivity (Wildman–Crippen MR) is 79.4 cm³/mol. The number of anilines is 1. The lowest BCUT2D eigenvalue weighted by Gasteiger charge is -2.28. The van der Waals surface area contributed by atoms with Gasteiger partial charge in [-0.15, -0.1) is 0 Å². The Balaban J connectivity index is 3.08. The molecule has 0 spiro atoms. The molecule has 0 aliphatic heterocycles. The quantitative estimate of drug-likeness (QED) is 0.222. The summed E-state index contributed by atoms with van der Waals surface area (Å²) in [7, 11) is 0. The molecular weight excluding hydrogens is 330 g/mol. The molecular formula is C12H17N3O9. The highest BCUT2D eigenvalue weighted by Gasteiger charge is 2.32. The maximum absolute atomic E-state index is 11.0. The summed E-state index contributed by atoms with van der Waals surface area (Å²) in [6.07, 6.45) is -5.31. The highest BCUT2D eigenvalue weighted by atomic mass is 16.6. The summed E-state index contributed by atoms with van der Waals surface area (Å²) in [5.74, 6) is 0. The highest BCUT2D eigenvalue weighted by Crippen LogP contribution is 2.30. The number of hydrogen-bond donors (Lipinski definition) is 6. The van der Waals surface area contributed by atoms with Crippen LogP contribution in [0.2, 0.25) is 0 Å². The van der Waals surface area contributed by atoms with E-state index < -0.39 is 58.8 Å². The Kier molecular flexibility index (Phi) is 6.94. The van der Waals surface area contributed by atoms with E-state index in [2.05, 4.69) is 5.32 Å². The molecule has 6 N–H and O–H groups in total. The van der Waals surface area contributed by atoms with E-state index in [-0.39, 0.29) is 5.69 Å². The van der Waals surface area contributed by atoms with Gasteiger partial charge in [-0.3, -0.25) is 20.2 Å². The Labute approximate surface area is 134 Å². The van der Waals surface area contributed by atoms with Gasteiger partial charge in [0.1, 0.15) is 24.0 Å². The van der Waals surface area contributed by atoms with Gasteiger partial charge in [-0.05, 0) is 6.07 Å². The van der Waals surface area contributed by atoms with Gasteiger partial charge < -0.3 is 30.8 Å². The Bertz CT molecular complexity index is 597. The summed E-state index contributed by atoms with van der Waals surface area (Å²) < 4.78 is 0. The number of aliphatic hydroxyl groups is 5. The second kappa shape index (κ2) is 8.47. The van der Waals surface area contributed by atoms with E-state index in [1.807, 2.05) is 0 Å². The van der Waals surface area contributed by atoms with Crippen molar-refractivity contribution in [2.75, 3.05) is 18.5 Å². The van der Waals surface area contributed by atoms with Crippen LogP contribution in [-0.2, 0) is 0 Å². The minimum atomic E-state index is -1.84. The number of rotatable bonds is 9. The smallest absolute Gasteiger partial charge is 0.299 e. The maximum atomic E-state index is 11.0. The van der Waals surface area contributed by atoms with Crippen LogP contribution in [-0.4, -0.2) is 72.9 Å². The topological polar surface area (TPSA) is 199 Å². The minimum Gasteiger partial charge on any atom is -0.394 e. The van der Waals surface area contributed by atoms with Crippen molar-refractivity contribution in [3.8, 4) is 0 Å². The Morgan fingerprint density at radius 3 is 2.08 bits per heavy atom. The van der Waals surface area contributed by atoms with Crippen LogP contribution in [0.5, 0.6) is 0 Å². The van der Waals surface area contributed by atoms with Crippen molar-refractivity contribution < 1.29 is 35.4 Å². The summed E-state index contributed by atoms with van der Waals surface area (Å²) in [4.78, 5) is 20.0. The average molecular weight is 347 g/mol. The van der Waals surface area contributed by atoms with Gasteiger partial charge >= 0.3 is 0 Å². The zero-order valence-corrected chi connectivity index (χ0v) is 12.2. The highest BCUT2D eigenvalue weighted by molar-refractivity contribution is 5.65. The molecule has 0 radical (unpaired) electrons. The zero-order valence-electron chi connectivity index (χ0n) is 12.2. The van der Waals surface area contributed by atoms with E-state index in [1.54, 1.807) is 0 Å². The lowest BCUT2D eigenvalue weighted by atomic mass is 10.0. The molecule has 0 aromatic heterocycles. The van der Waals surface area contributed by atoms with Gasteiger partial charge in [-0.25, -0.2) is 0 Å². The molecule has 12 heteroatoms. The molecule has 12 nitrogen and oxygen atoms in total. The number of nitro groups is 2. The summed E-state index contributed by atoms with van der Waals surface area (Å²) in [5.41, 5.74) is -1.44. The van der Waals surface area contributed by atoms with Crippen LogP contribution in [0.4, 0.5) is 17.1 Å². The average Bonchev–Trinajstić information content (AvgIpc) is 2.57. The molecule has 0 aliphatic rings. The van der Waals surface area contributed by atoms with E-state index in [4.69, 9.17) is 5.11 Å². The number of benzene rings is 1. The molecule has 1 rings (SSSR count). The van der Waals surface area contributed by atoms with Gasteiger partial charge in [0, 0.05) is 6.07 Å². The minimum absolute atomic E-state index is 0.241. The van der Waals surface area contributed by atoms with Gasteiger partial charge in [-0.1, -0.05) is 0 Å². The summed E-state index contributed by atoms with van der Waals surface area (Å²) in [5, 5.41) is 70.9. The van der Waals surface area contributed by atoms with Crippen LogP contribution >= 0.6 is 0 Å². The number of nitro benzene ring substituents is 2. The lowest BCUT2D eigenvalue weighted by molar-refractivity contribution is -0.393. The molecule has 0 saturated carbocycles. The molecule has 0 heterocycles. The van der Waals surface area contributed by atoms with Crippen molar-refractivity contribution >= 4 is 17.1 Å². The van der Waals surface area contributed by atoms with Crippen molar-refractivity contribution in [3.05, 3.63) is 38.4 Å². The summed E-state index contributed by atoms with van der Waals surface area (Å²) in [6, 6.07) is 1.35. The Morgan fingerprint density at radius 2 is 1.62 bits per heavy atom. The monoisotopic (exact) mass is 347 g/mol. The number of hydrogen-bond acceptors (Lipinski definition) is 10. The summed E-state index contributed by atoms with van der Waals surface area (Å²) >= 11 is 0. The molecule has 1 aromatic carbocycles. The first-order valence-electron chi connectivity index (χ1n) is 6.68. The molecule has 0 unspecified atom stereocenters. The molecule has 0 bridgehead atoms. The largest absolute Gasteiger partial charge is 0.394 e. The SMILES string of the molecule is O=[N+]([O-])c1ccc(N[C@@H](CO)[C@H](O)[C@H](O)[C@H](O)CO)c([N+](=O)[O-])c1. The number of nitrogens with one attached hydrogen (secondary N) is 1. The van der Waals surface area contributed by atoms with Crippen LogP contribution in [0.3, 0.4) is 0 Å². The third-order valence-electron chi connectivity index (χ3n) is 3.27. The fourth-order valence-corrected chi connectivity index (χ4v) is 1.92. The molecule has 24 heavy (non-hydrogen) atoms. The fourth-order valence-electron chi connectivity index (χ4n) is 1.92. The normalized spacial score (nSPS) is 16.0. The van der Waals surface area contributed by atoms with E-state index in [0.29, 0.717) is 6.07 Å². The lowest BCUT2D eigenvalue weighted by Crippen LogP contribution is -2.50. The molecule has 0 aliphatic carbocycles. The second-order valence-corrected chi connectivity index (χ2v) is 4.88. The van der Waals surface area contributed by atoms with Crippen LogP contribution in [0.25, 0.3) is 0 Å².